The SMILES string of the molecule is C.CC(C)=C1C(=O)N2C(C(=O)OC(c3ccccc3)c3ccccc3)=C(CO)CSC12.[Ac]. The summed E-state index contributed by atoms with van der Waals surface area (Å²) in [6.07, 6.45) is -0.611. The van der Waals surface area contributed by atoms with Crippen LogP contribution in [0.25, 0.3) is 0 Å². The van der Waals surface area contributed by atoms with Crippen molar-refractivity contribution in [3.8, 4) is 0 Å². The molecule has 2 aromatic rings. The van der Waals surface area contributed by atoms with Gasteiger partial charge in [-0.25, -0.2) is 4.79 Å². The summed E-state index contributed by atoms with van der Waals surface area (Å²) >= 11 is 1.54. The van der Waals surface area contributed by atoms with Gasteiger partial charge in [-0.1, -0.05) is 73.7 Å². The molecular weight excluding hydrogens is 637 g/mol. The Morgan fingerprint density at radius 1 is 1.09 bits per heavy atom. The first kappa shape index (κ1) is 26.9. The molecule has 0 saturated carbocycles. The van der Waals surface area contributed by atoms with Crippen LogP contribution in [0.1, 0.15) is 38.5 Å². The van der Waals surface area contributed by atoms with E-state index in [9.17, 15) is 14.7 Å². The van der Waals surface area contributed by atoms with E-state index >= 15 is 0 Å². The fourth-order valence-electron chi connectivity index (χ4n) is 3.77. The number of hydrogen-bond donors (Lipinski definition) is 1. The first-order valence-corrected chi connectivity index (χ1v) is 10.8. The van der Waals surface area contributed by atoms with Crippen molar-refractivity contribution < 1.29 is 63.5 Å². The van der Waals surface area contributed by atoms with Gasteiger partial charge in [0.2, 0.25) is 0 Å². The fourth-order valence-corrected chi connectivity index (χ4v) is 5.21. The summed E-state index contributed by atoms with van der Waals surface area (Å²) in [5.41, 5.74) is 4.04. The quantitative estimate of drug-likeness (QED) is 0.291. The van der Waals surface area contributed by atoms with Gasteiger partial charge >= 0.3 is 5.97 Å². The zero-order valence-corrected chi connectivity index (χ0v) is 23.0. The average Bonchev–Trinajstić information content (AvgIpc) is 2.77. The Labute approximate surface area is 229 Å². The van der Waals surface area contributed by atoms with E-state index in [0.29, 0.717) is 11.3 Å². The van der Waals surface area contributed by atoms with Crippen LogP contribution in [0.5, 0.6) is 0 Å². The fraction of sp³-hybridized carbons (Fsp3) is 0.280. The molecule has 2 heterocycles. The van der Waals surface area contributed by atoms with Crippen molar-refractivity contribution in [3.63, 3.8) is 0 Å². The number of nitrogens with zero attached hydrogens (tertiary/aromatic N) is 1. The van der Waals surface area contributed by atoms with Gasteiger partial charge in [-0.3, -0.25) is 9.69 Å². The maximum atomic E-state index is 13.3. The number of ether oxygens (including phenoxy) is 1. The molecule has 1 atom stereocenters. The molecule has 0 bridgehead atoms. The molecule has 0 aromatic heterocycles. The van der Waals surface area contributed by atoms with Crippen LogP contribution in [0.3, 0.4) is 0 Å². The molecule has 7 heteroatoms. The number of β-lactam (4-membered cyclic amide) rings is 1. The predicted octanol–water partition coefficient (Wildman–Crippen LogP) is 4.45. The van der Waals surface area contributed by atoms with Crippen LogP contribution < -0.4 is 0 Å². The number of carbonyl (C=O) groups is 2. The smallest absolute Gasteiger partial charge is 0.356 e. The normalized spacial score (nSPS) is 17.1. The van der Waals surface area contributed by atoms with Gasteiger partial charge in [0.05, 0.1) is 6.61 Å². The molecule has 5 nitrogen and oxygen atoms in total. The number of fused-ring (bicyclic) bond motifs is 1. The van der Waals surface area contributed by atoms with E-state index in [-0.39, 0.29) is 75.1 Å². The number of amides is 1. The number of allylic oxidation sites excluding steroid dienone is 1. The summed E-state index contributed by atoms with van der Waals surface area (Å²) in [4.78, 5) is 27.6. The van der Waals surface area contributed by atoms with Crippen LogP contribution in [0, 0.1) is 44.1 Å². The van der Waals surface area contributed by atoms with Crippen molar-refractivity contribution in [3.05, 3.63) is 94.2 Å². The van der Waals surface area contributed by atoms with Gasteiger partial charge in [0, 0.05) is 55.4 Å². The second kappa shape index (κ2) is 11.7. The van der Waals surface area contributed by atoms with Crippen LogP contribution in [-0.4, -0.2) is 39.6 Å². The molecule has 4 rings (SSSR count). The van der Waals surface area contributed by atoms with E-state index in [0.717, 1.165) is 22.3 Å². The van der Waals surface area contributed by atoms with E-state index < -0.39 is 12.1 Å². The second-order valence-corrected chi connectivity index (χ2v) is 8.54. The number of rotatable bonds is 5. The van der Waals surface area contributed by atoms with E-state index in [1.54, 1.807) is 11.8 Å². The van der Waals surface area contributed by atoms with E-state index in [1.165, 1.54) is 4.90 Å². The minimum Gasteiger partial charge on any atom is -0.448 e. The largest absolute Gasteiger partial charge is 0.448 e. The predicted molar refractivity (Wildman–Crippen MR) is 123 cm³/mol. The van der Waals surface area contributed by atoms with Gasteiger partial charge in [0.1, 0.15) is 11.1 Å². The minimum atomic E-state index is -0.611. The molecule has 0 aliphatic carbocycles. The third-order valence-corrected chi connectivity index (χ3v) is 6.55. The average molecular weight is 665 g/mol. The van der Waals surface area contributed by atoms with Gasteiger partial charge in [-0.05, 0) is 30.5 Å². The van der Waals surface area contributed by atoms with Crippen molar-refractivity contribution in [1.29, 1.82) is 0 Å². The van der Waals surface area contributed by atoms with Crippen LogP contribution in [0.2, 0.25) is 0 Å². The molecule has 2 aromatic carbocycles. The van der Waals surface area contributed by atoms with Crippen LogP contribution in [-0.2, 0) is 14.3 Å². The minimum absolute atomic E-state index is 0. The van der Waals surface area contributed by atoms with Crippen molar-refractivity contribution in [2.24, 2.45) is 0 Å². The third kappa shape index (κ3) is 5.07. The zero-order chi connectivity index (χ0) is 21.3. The Balaban J connectivity index is 0.00000181. The molecule has 1 radical (unpaired) electrons. The maximum Gasteiger partial charge on any atom is 0.356 e. The summed E-state index contributed by atoms with van der Waals surface area (Å²) in [5.74, 6) is -0.308. The topological polar surface area (TPSA) is 66.8 Å². The molecule has 1 fully saturated rings. The van der Waals surface area contributed by atoms with Crippen molar-refractivity contribution in [2.45, 2.75) is 32.8 Å². The molecule has 1 amide bonds. The van der Waals surface area contributed by atoms with Crippen molar-refractivity contribution >= 4 is 23.6 Å². The van der Waals surface area contributed by atoms with Gasteiger partial charge in [-0.2, -0.15) is 0 Å². The number of esters is 1. The number of aliphatic hydroxyl groups excluding tert-OH is 1. The molecule has 1 saturated heterocycles. The molecule has 0 spiro atoms. The first-order chi connectivity index (χ1) is 14.5. The molecule has 1 N–H and O–H groups in total. The van der Waals surface area contributed by atoms with Gasteiger partial charge in [-0.15, -0.1) is 11.8 Å². The summed E-state index contributed by atoms with van der Waals surface area (Å²) in [7, 11) is 0. The first-order valence-electron chi connectivity index (χ1n) is 9.79. The standard InChI is InChI=1S/C24H23NO4S.CH4.Ac/c1-15(2)19-22(27)25-20(18(13-26)14-30-23(19)25)24(28)29-21(16-9-5-3-6-10-16)17-11-7-4-8-12-17;;/h3-12,21,23,26H,13-14H2,1-2H3;1H4;. The van der Waals surface area contributed by atoms with Crippen molar-refractivity contribution in [1.82, 2.24) is 4.90 Å². The molecule has 1 unspecified atom stereocenters. The van der Waals surface area contributed by atoms with Crippen LogP contribution in [0.15, 0.2) is 83.1 Å². The number of hydrogen-bond acceptors (Lipinski definition) is 5. The summed E-state index contributed by atoms with van der Waals surface area (Å²) in [5, 5.41) is 9.64. The summed E-state index contributed by atoms with van der Waals surface area (Å²) in [6, 6.07) is 19.0. The Hall–Kier alpha value is -1.39. The molecule has 165 valence electrons. The summed E-state index contributed by atoms with van der Waals surface area (Å²) < 4.78 is 5.96. The Kier molecular flexibility index (Phi) is 9.78. The number of carbonyl (C=O) groups excluding carboxylic acids is 2. The Morgan fingerprint density at radius 2 is 1.62 bits per heavy atom. The van der Waals surface area contributed by atoms with E-state index in [1.807, 2.05) is 74.5 Å². The van der Waals surface area contributed by atoms with Crippen molar-refractivity contribution in [2.75, 3.05) is 12.4 Å². The van der Waals surface area contributed by atoms with Gasteiger partial charge in [0.25, 0.3) is 5.91 Å². The summed E-state index contributed by atoms with van der Waals surface area (Å²) in [6.45, 7) is 3.50. The van der Waals surface area contributed by atoms with Crippen LogP contribution >= 0.6 is 11.8 Å². The number of thioether (sulfide) groups is 1. The third-order valence-electron chi connectivity index (χ3n) is 5.27. The van der Waals surface area contributed by atoms with E-state index in [4.69, 9.17) is 4.74 Å². The van der Waals surface area contributed by atoms with Gasteiger partial charge < -0.3 is 9.84 Å². The van der Waals surface area contributed by atoms with Gasteiger partial charge in [0.15, 0.2) is 6.10 Å². The monoisotopic (exact) mass is 664 g/mol. The molecular formula is C25H27AcNO4S. The molecule has 2 aliphatic rings. The maximum absolute atomic E-state index is 13.3. The number of aliphatic hydroxyl groups is 1. The number of benzene rings is 2. The molecule has 32 heavy (non-hydrogen) atoms. The Morgan fingerprint density at radius 3 is 2.09 bits per heavy atom. The second-order valence-electron chi connectivity index (χ2n) is 7.47. The molecule has 2 aliphatic heterocycles. The van der Waals surface area contributed by atoms with Crippen LogP contribution in [0.4, 0.5) is 0 Å². The Bertz CT molecular complexity index is 993. The zero-order valence-electron chi connectivity index (χ0n) is 17.4. The van der Waals surface area contributed by atoms with E-state index in [2.05, 4.69) is 0 Å².